The fraction of sp³-hybridized carbons (Fsp3) is 0.556. The van der Waals surface area contributed by atoms with E-state index in [0.717, 1.165) is 13.0 Å². The maximum absolute atomic E-state index is 5.87. The van der Waals surface area contributed by atoms with Crippen molar-refractivity contribution in [3.05, 3.63) is 17.5 Å². The predicted octanol–water partition coefficient (Wildman–Crippen LogP) is 1.72. The van der Waals surface area contributed by atoms with Crippen molar-refractivity contribution in [2.45, 2.75) is 25.5 Å². The normalized spacial score (nSPS) is 26.4. The molecule has 4 nitrogen and oxygen atoms in total. The van der Waals surface area contributed by atoms with E-state index in [4.69, 9.17) is 16.3 Å². The van der Waals surface area contributed by atoms with E-state index in [-0.39, 0.29) is 12.1 Å². The number of halogens is 1. The van der Waals surface area contributed by atoms with Crippen LogP contribution in [0.2, 0.25) is 5.15 Å². The first kappa shape index (κ1) is 9.68. The fourth-order valence-corrected chi connectivity index (χ4v) is 1.67. The summed E-state index contributed by atoms with van der Waals surface area (Å²) in [5, 5.41) is 3.64. The third kappa shape index (κ3) is 1.96. The van der Waals surface area contributed by atoms with E-state index in [1.54, 1.807) is 12.4 Å². The molecule has 1 N–H and O–H groups in total. The molecule has 5 heteroatoms. The molecule has 1 saturated heterocycles. The second-order valence-corrected chi connectivity index (χ2v) is 3.67. The van der Waals surface area contributed by atoms with E-state index in [0.29, 0.717) is 11.0 Å². The second-order valence-electron chi connectivity index (χ2n) is 3.31. The van der Waals surface area contributed by atoms with Crippen LogP contribution >= 0.6 is 11.6 Å². The minimum absolute atomic E-state index is 0.202. The van der Waals surface area contributed by atoms with Crippen LogP contribution in [0.5, 0.6) is 0 Å². The van der Waals surface area contributed by atoms with Gasteiger partial charge in [0, 0.05) is 19.0 Å². The summed E-state index contributed by atoms with van der Waals surface area (Å²) in [7, 11) is 0. The van der Waals surface area contributed by atoms with Crippen molar-refractivity contribution < 1.29 is 4.74 Å². The van der Waals surface area contributed by atoms with Gasteiger partial charge in [0.05, 0.1) is 12.1 Å². The third-order valence-electron chi connectivity index (χ3n) is 2.35. The maximum Gasteiger partial charge on any atom is 0.171 e. The van der Waals surface area contributed by atoms with Gasteiger partial charge in [0.15, 0.2) is 11.0 Å². The van der Waals surface area contributed by atoms with Crippen LogP contribution in [0.3, 0.4) is 0 Å². The van der Waals surface area contributed by atoms with Gasteiger partial charge in [-0.25, -0.2) is 9.97 Å². The molecule has 0 bridgehead atoms. The summed E-state index contributed by atoms with van der Waals surface area (Å²) in [5.41, 5.74) is 0. The van der Waals surface area contributed by atoms with Crippen LogP contribution in [-0.4, -0.2) is 28.7 Å². The summed E-state index contributed by atoms with van der Waals surface area (Å²) in [6.07, 6.45) is 4.37. The molecule has 1 aliphatic heterocycles. The molecule has 0 aliphatic carbocycles. The van der Waals surface area contributed by atoms with Crippen molar-refractivity contribution in [2.75, 3.05) is 11.9 Å². The van der Waals surface area contributed by atoms with Crippen molar-refractivity contribution in [3.8, 4) is 0 Å². The maximum atomic E-state index is 5.87. The second kappa shape index (κ2) is 4.11. The van der Waals surface area contributed by atoms with Gasteiger partial charge in [-0.2, -0.15) is 0 Å². The summed E-state index contributed by atoms with van der Waals surface area (Å²) < 4.78 is 5.42. The van der Waals surface area contributed by atoms with Crippen LogP contribution in [-0.2, 0) is 4.74 Å². The van der Waals surface area contributed by atoms with E-state index in [2.05, 4.69) is 15.3 Å². The Balaban J connectivity index is 2.07. The molecule has 1 aromatic rings. The lowest BCUT2D eigenvalue weighted by molar-refractivity contribution is 0.121. The van der Waals surface area contributed by atoms with Gasteiger partial charge in [-0.3, -0.25) is 0 Å². The van der Waals surface area contributed by atoms with Crippen LogP contribution < -0.4 is 5.32 Å². The Kier molecular flexibility index (Phi) is 2.84. The van der Waals surface area contributed by atoms with Crippen molar-refractivity contribution in [1.29, 1.82) is 0 Å². The Morgan fingerprint density at radius 2 is 2.29 bits per heavy atom. The van der Waals surface area contributed by atoms with E-state index in [1.807, 2.05) is 6.92 Å². The minimum Gasteiger partial charge on any atom is -0.376 e. The highest BCUT2D eigenvalue weighted by molar-refractivity contribution is 6.31. The Bertz CT molecular complexity index is 321. The largest absolute Gasteiger partial charge is 0.376 e. The first-order valence-corrected chi connectivity index (χ1v) is 5.00. The van der Waals surface area contributed by atoms with Crippen molar-refractivity contribution in [2.24, 2.45) is 0 Å². The number of anilines is 1. The van der Waals surface area contributed by atoms with E-state index >= 15 is 0 Å². The van der Waals surface area contributed by atoms with Crippen LogP contribution in [0.4, 0.5) is 5.82 Å². The van der Waals surface area contributed by atoms with Crippen LogP contribution in [0.25, 0.3) is 0 Å². The smallest absolute Gasteiger partial charge is 0.171 e. The molecule has 2 rings (SSSR count). The molecule has 2 unspecified atom stereocenters. The number of ether oxygens (including phenoxy) is 1. The molecule has 0 radical (unpaired) electrons. The summed E-state index contributed by atoms with van der Waals surface area (Å²) in [6.45, 7) is 2.83. The number of hydrogen-bond acceptors (Lipinski definition) is 4. The molecule has 1 fully saturated rings. The van der Waals surface area contributed by atoms with Gasteiger partial charge in [0.1, 0.15) is 0 Å². The summed E-state index contributed by atoms with van der Waals surface area (Å²) in [5.74, 6) is 0.636. The van der Waals surface area contributed by atoms with E-state index in [1.165, 1.54) is 0 Å². The molecule has 0 spiro atoms. The van der Waals surface area contributed by atoms with Gasteiger partial charge in [0.2, 0.25) is 0 Å². The quantitative estimate of drug-likeness (QED) is 0.813. The highest BCUT2D eigenvalue weighted by Crippen LogP contribution is 2.21. The molecular formula is C9H12ClN3O. The van der Waals surface area contributed by atoms with Crippen molar-refractivity contribution in [3.63, 3.8) is 0 Å². The highest BCUT2D eigenvalue weighted by atomic mass is 35.5. The molecule has 1 aromatic heterocycles. The lowest BCUT2D eigenvalue weighted by Crippen LogP contribution is -2.27. The lowest BCUT2D eigenvalue weighted by Gasteiger charge is -2.16. The predicted molar refractivity (Wildman–Crippen MR) is 54.5 cm³/mol. The Hall–Kier alpha value is -0.870. The lowest BCUT2D eigenvalue weighted by atomic mass is 10.1. The summed E-state index contributed by atoms with van der Waals surface area (Å²) >= 11 is 5.87. The molecule has 1 aliphatic rings. The molecular weight excluding hydrogens is 202 g/mol. The number of nitrogens with one attached hydrogen (secondary N) is 1. The van der Waals surface area contributed by atoms with Gasteiger partial charge in [0.25, 0.3) is 0 Å². The van der Waals surface area contributed by atoms with Gasteiger partial charge in [-0.05, 0) is 13.3 Å². The number of aromatic nitrogens is 2. The topological polar surface area (TPSA) is 47.0 Å². The zero-order chi connectivity index (χ0) is 9.97. The standard InChI is InChI=1S/C9H12ClN3O/c1-6-7(2-5-14-6)13-9-8(10)11-3-4-12-9/h3-4,6-7H,2,5H2,1H3,(H,12,13). The number of rotatable bonds is 2. The molecule has 14 heavy (non-hydrogen) atoms. The Labute approximate surface area is 87.7 Å². The average Bonchev–Trinajstić information content (AvgIpc) is 2.56. The SMILES string of the molecule is CC1OCCC1Nc1nccnc1Cl. The van der Waals surface area contributed by atoms with E-state index in [9.17, 15) is 0 Å². The van der Waals surface area contributed by atoms with Crippen molar-refractivity contribution >= 4 is 17.4 Å². The summed E-state index contributed by atoms with van der Waals surface area (Å²) in [4.78, 5) is 8.06. The first-order chi connectivity index (χ1) is 6.77. The minimum atomic E-state index is 0.202. The van der Waals surface area contributed by atoms with Crippen LogP contribution in [0.15, 0.2) is 12.4 Å². The average molecular weight is 214 g/mol. The molecule has 2 atom stereocenters. The molecule has 2 heterocycles. The molecule has 0 saturated carbocycles. The zero-order valence-corrected chi connectivity index (χ0v) is 8.66. The Morgan fingerprint density at radius 3 is 2.93 bits per heavy atom. The van der Waals surface area contributed by atoms with Gasteiger partial charge < -0.3 is 10.1 Å². The highest BCUT2D eigenvalue weighted by Gasteiger charge is 2.24. The molecule has 0 amide bonds. The zero-order valence-electron chi connectivity index (χ0n) is 7.90. The third-order valence-corrected chi connectivity index (χ3v) is 2.63. The Morgan fingerprint density at radius 1 is 1.50 bits per heavy atom. The van der Waals surface area contributed by atoms with Gasteiger partial charge in [-0.15, -0.1) is 0 Å². The molecule has 76 valence electrons. The van der Waals surface area contributed by atoms with Gasteiger partial charge >= 0.3 is 0 Å². The number of hydrogen-bond donors (Lipinski definition) is 1. The van der Waals surface area contributed by atoms with Crippen LogP contribution in [0, 0.1) is 0 Å². The van der Waals surface area contributed by atoms with Crippen molar-refractivity contribution in [1.82, 2.24) is 9.97 Å². The molecule has 0 aromatic carbocycles. The number of nitrogens with zero attached hydrogens (tertiary/aromatic N) is 2. The van der Waals surface area contributed by atoms with Crippen LogP contribution in [0.1, 0.15) is 13.3 Å². The fourth-order valence-electron chi connectivity index (χ4n) is 1.51. The summed E-state index contributed by atoms with van der Waals surface area (Å²) in [6, 6.07) is 0.282. The van der Waals surface area contributed by atoms with Gasteiger partial charge in [-0.1, -0.05) is 11.6 Å². The monoisotopic (exact) mass is 213 g/mol. The first-order valence-electron chi connectivity index (χ1n) is 4.62. The van der Waals surface area contributed by atoms with E-state index < -0.39 is 0 Å².